The van der Waals surface area contributed by atoms with E-state index in [-0.39, 0.29) is 42.0 Å². The van der Waals surface area contributed by atoms with Crippen molar-refractivity contribution in [2.75, 3.05) is 13.1 Å². The lowest BCUT2D eigenvalue weighted by atomic mass is 9.94. The molecule has 2 atom stereocenters. The van der Waals surface area contributed by atoms with Crippen molar-refractivity contribution in [3.8, 4) is 5.75 Å². The monoisotopic (exact) mass is 559 g/mol. The predicted octanol–water partition coefficient (Wildman–Crippen LogP) is 2.44. The number of rotatable bonds is 11. The van der Waals surface area contributed by atoms with E-state index < -0.39 is 39.9 Å². The summed E-state index contributed by atoms with van der Waals surface area (Å²) < 4.78 is 28.5. The standard InChI is InChI=1S/C28H37N3O7S/c1-18(2)16-24(30-39(37,38)23-10-4-19(3)5-11-23)27(34)31-14-12-21(13-15-31)26(33)29-25(28(35)36)17-20-6-8-22(32)9-7-20/h4-11,18,21,24-25,30,32H,12-17H2,1-3H3,(H,29,33)(H,35,36)/t24-,25-/m0/s1. The van der Waals surface area contributed by atoms with E-state index in [1.165, 1.54) is 24.3 Å². The van der Waals surface area contributed by atoms with Crippen LogP contribution in [0.5, 0.6) is 5.75 Å². The third kappa shape index (κ3) is 8.52. The van der Waals surface area contributed by atoms with Crippen LogP contribution in [0.4, 0.5) is 0 Å². The molecule has 4 N–H and O–H groups in total. The molecule has 212 valence electrons. The maximum Gasteiger partial charge on any atom is 0.326 e. The number of aryl methyl sites for hydroxylation is 1. The molecule has 0 aromatic heterocycles. The fraction of sp³-hybridized carbons (Fsp3) is 0.464. The molecule has 3 rings (SSSR count). The molecular formula is C28H37N3O7S. The average Bonchev–Trinajstić information content (AvgIpc) is 2.88. The van der Waals surface area contributed by atoms with Gasteiger partial charge in [-0.25, -0.2) is 13.2 Å². The van der Waals surface area contributed by atoms with Gasteiger partial charge in [-0.1, -0.05) is 43.7 Å². The van der Waals surface area contributed by atoms with Crippen LogP contribution >= 0.6 is 0 Å². The van der Waals surface area contributed by atoms with Gasteiger partial charge in [0.1, 0.15) is 17.8 Å². The number of sulfonamides is 1. The van der Waals surface area contributed by atoms with E-state index >= 15 is 0 Å². The Bertz CT molecular complexity index is 1250. The van der Waals surface area contributed by atoms with E-state index in [1.54, 1.807) is 29.2 Å². The first kappa shape index (κ1) is 30.1. The summed E-state index contributed by atoms with van der Waals surface area (Å²) in [6.45, 7) is 6.19. The molecule has 1 aliphatic heterocycles. The van der Waals surface area contributed by atoms with Crippen LogP contribution in [-0.4, -0.2) is 66.5 Å². The topological polar surface area (TPSA) is 153 Å². The van der Waals surface area contributed by atoms with Crippen LogP contribution in [0.25, 0.3) is 0 Å². The number of likely N-dealkylation sites (tertiary alicyclic amines) is 1. The molecule has 0 spiro atoms. The minimum atomic E-state index is -3.91. The number of phenols is 1. The Kier molecular flexibility index (Phi) is 10.1. The lowest BCUT2D eigenvalue weighted by Gasteiger charge is -2.34. The molecule has 2 aromatic carbocycles. The second kappa shape index (κ2) is 13.1. The van der Waals surface area contributed by atoms with Crippen LogP contribution in [0, 0.1) is 18.8 Å². The maximum atomic E-state index is 13.4. The molecule has 0 unspecified atom stereocenters. The first-order valence-electron chi connectivity index (χ1n) is 13.0. The predicted molar refractivity (Wildman–Crippen MR) is 145 cm³/mol. The first-order chi connectivity index (χ1) is 18.4. The van der Waals surface area contributed by atoms with Crippen LogP contribution in [0.2, 0.25) is 0 Å². The highest BCUT2D eigenvalue weighted by Gasteiger charge is 2.34. The number of carbonyl (C=O) groups is 3. The van der Waals surface area contributed by atoms with Gasteiger partial charge in [-0.15, -0.1) is 0 Å². The molecule has 2 aromatic rings. The van der Waals surface area contributed by atoms with E-state index in [1.807, 2.05) is 20.8 Å². The molecule has 1 fully saturated rings. The number of hydrogen-bond donors (Lipinski definition) is 4. The second-order valence-electron chi connectivity index (χ2n) is 10.5. The zero-order valence-electron chi connectivity index (χ0n) is 22.5. The largest absolute Gasteiger partial charge is 0.508 e. The summed E-state index contributed by atoms with van der Waals surface area (Å²) in [6.07, 6.45) is 1.06. The summed E-state index contributed by atoms with van der Waals surface area (Å²) in [7, 11) is -3.91. The van der Waals surface area contributed by atoms with Crippen molar-refractivity contribution < 1.29 is 33.0 Å². The van der Waals surface area contributed by atoms with Crippen LogP contribution in [-0.2, 0) is 30.8 Å². The van der Waals surface area contributed by atoms with Gasteiger partial charge in [0.2, 0.25) is 21.8 Å². The Labute approximate surface area is 229 Å². The number of carboxylic acids is 1. The molecule has 1 saturated heterocycles. The second-order valence-corrected chi connectivity index (χ2v) is 12.2. The summed E-state index contributed by atoms with van der Waals surface area (Å²) in [5.41, 5.74) is 1.58. The molecule has 1 heterocycles. The van der Waals surface area contributed by atoms with Crippen LogP contribution in [0.15, 0.2) is 53.4 Å². The number of aromatic hydroxyl groups is 1. The number of benzene rings is 2. The lowest BCUT2D eigenvalue weighted by molar-refractivity contribution is -0.143. The Morgan fingerprint density at radius 3 is 2.10 bits per heavy atom. The number of hydrogen-bond acceptors (Lipinski definition) is 6. The molecule has 0 saturated carbocycles. The number of amides is 2. The van der Waals surface area contributed by atoms with Crippen LogP contribution in [0.1, 0.15) is 44.2 Å². The SMILES string of the molecule is Cc1ccc(S(=O)(=O)N[C@@H](CC(C)C)C(=O)N2CCC(C(=O)N[C@@H](Cc3ccc(O)cc3)C(=O)O)CC2)cc1. The Morgan fingerprint density at radius 2 is 1.56 bits per heavy atom. The van der Waals surface area contributed by atoms with E-state index in [0.29, 0.717) is 24.8 Å². The lowest BCUT2D eigenvalue weighted by Crippen LogP contribution is -2.53. The first-order valence-corrected chi connectivity index (χ1v) is 14.5. The van der Waals surface area contributed by atoms with Gasteiger partial charge in [0, 0.05) is 25.4 Å². The van der Waals surface area contributed by atoms with Crippen molar-refractivity contribution in [1.29, 1.82) is 0 Å². The highest BCUT2D eigenvalue weighted by atomic mass is 32.2. The zero-order valence-corrected chi connectivity index (χ0v) is 23.3. The molecule has 39 heavy (non-hydrogen) atoms. The van der Waals surface area contributed by atoms with E-state index in [0.717, 1.165) is 5.56 Å². The van der Waals surface area contributed by atoms with Crippen molar-refractivity contribution in [3.05, 3.63) is 59.7 Å². The molecule has 0 radical (unpaired) electrons. The van der Waals surface area contributed by atoms with Gasteiger partial charge in [-0.3, -0.25) is 9.59 Å². The number of carboxylic acid groups (broad SMARTS) is 1. The third-order valence-electron chi connectivity index (χ3n) is 6.80. The van der Waals surface area contributed by atoms with Gasteiger partial charge < -0.3 is 20.4 Å². The fourth-order valence-corrected chi connectivity index (χ4v) is 5.79. The number of piperidine rings is 1. The fourth-order valence-electron chi connectivity index (χ4n) is 4.58. The molecule has 0 aliphatic carbocycles. The van der Waals surface area contributed by atoms with Crippen LogP contribution in [0.3, 0.4) is 0 Å². The van der Waals surface area contributed by atoms with Gasteiger partial charge in [0.05, 0.1) is 4.90 Å². The number of nitrogens with zero attached hydrogens (tertiary/aromatic N) is 1. The van der Waals surface area contributed by atoms with Gasteiger partial charge >= 0.3 is 5.97 Å². The highest BCUT2D eigenvalue weighted by Crippen LogP contribution is 2.21. The van der Waals surface area contributed by atoms with E-state index in [2.05, 4.69) is 10.0 Å². The summed E-state index contributed by atoms with van der Waals surface area (Å²) in [5, 5.41) is 21.6. The molecule has 11 heteroatoms. The Morgan fingerprint density at radius 1 is 0.974 bits per heavy atom. The summed E-state index contributed by atoms with van der Waals surface area (Å²) in [4.78, 5) is 39.7. The summed E-state index contributed by atoms with van der Waals surface area (Å²) >= 11 is 0. The van der Waals surface area contributed by atoms with Crippen molar-refractivity contribution in [2.24, 2.45) is 11.8 Å². The van der Waals surface area contributed by atoms with E-state index in [9.17, 15) is 33.0 Å². The van der Waals surface area contributed by atoms with Crippen molar-refractivity contribution >= 4 is 27.8 Å². The van der Waals surface area contributed by atoms with Crippen molar-refractivity contribution in [3.63, 3.8) is 0 Å². The smallest absolute Gasteiger partial charge is 0.326 e. The summed E-state index contributed by atoms with van der Waals surface area (Å²) in [6, 6.07) is 10.4. The van der Waals surface area contributed by atoms with Gasteiger partial charge in [-0.05, 0) is 61.9 Å². The normalized spacial score (nSPS) is 16.1. The third-order valence-corrected chi connectivity index (χ3v) is 8.29. The number of carbonyl (C=O) groups excluding carboxylic acids is 2. The number of phenolic OH excluding ortho intramolecular Hbond substituents is 1. The quantitative estimate of drug-likeness (QED) is 0.330. The van der Waals surface area contributed by atoms with Crippen LogP contribution < -0.4 is 10.0 Å². The highest BCUT2D eigenvalue weighted by molar-refractivity contribution is 7.89. The average molecular weight is 560 g/mol. The molecule has 0 bridgehead atoms. The molecule has 2 amide bonds. The van der Waals surface area contributed by atoms with Crippen molar-refractivity contribution in [2.45, 2.75) is 63.4 Å². The number of nitrogens with one attached hydrogen (secondary N) is 2. The molecular weight excluding hydrogens is 522 g/mol. The maximum absolute atomic E-state index is 13.4. The zero-order chi connectivity index (χ0) is 28.7. The Hall–Kier alpha value is -3.44. The molecule has 1 aliphatic rings. The molecule has 10 nitrogen and oxygen atoms in total. The van der Waals surface area contributed by atoms with E-state index in [4.69, 9.17) is 0 Å². The van der Waals surface area contributed by atoms with Gasteiger partial charge in [0.25, 0.3) is 0 Å². The number of aliphatic carboxylic acids is 1. The van der Waals surface area contributed by atoms with Crippen molar-refractivity contribution in [1.82, 2.24) is 14.9 Å². The Balaban J connectivity index is 1.60. The van der Waals surface area contributed by atoms with Gasteiger partial charge in [-0.2, -0.15) is 4.72 Å². The minimum Gasteiger partial charge on any atom is -0.508 e. The minimum absolute atomic E-state index is 0.0597. The summed E-state index contributed by atoms with van der Waals surface area (Å²) in [5.74, 6) is -2.25. The van der Waals surface area contributed by atoms with Gasteiger partial charge in [0.15, 0.2) is 0 Å².